The third-order valence-electron chi connectivity index (χ3n) is 8.14. The van der Waals surface area contributed by atoms with Crippen molar-refractivity contribution in [1.29, 1.82) is 0 Å². The topological polar surface area (TPSA) is 99.1 Å². The number of ketones is 1. The van der Waals surface area contributed by atoms with Crippen LogP contribution in [0.15, 0.2) is 48.5 Å². The first-order chi connectivity index (χ1) is 21.5. The maximum atomic E-state index is 11.7. The Labute approximate surface area is 273 Å². The maximum Gasteiger partial charge on any atom is 0.488 e. The highest BCUT2D eigenvalue weighted by atomic mass is 16.6. The van der Waals surface area contributed by atoms with Crippen molar-refractivity contribution in [2.24, 2.45) is 0 Å². The second-order valence-corrected chi connectivity index (χ2v) is 13.3. The fourth-order valence-corrected chi connectivity index (χ4v) is 5.40. The summed E-state index contributed by atoms with van der Waals surface area (Å²) in [5.41, 5.74) is 4.40. The van der Waals surface area contributed by atoms with Gasteiger partial charge in [-0.3, -0.25) is 4.79 Å². The van der Waals surface area contributed by atoms with E-state index in [1.807, 2.05) is 32.9 Å². The summed E-state index contributed by atoms with van der Waals surface area (Å²) in [5, 5.41) is 21.2. The highest BCUT2D eigenvalue weighted by Gasteiger charge is 2.24. The zero-order chi connectivity index (χ0) is 33.1. The number of hydrogen-bond acceptors (Lipinski definition) is 6. The van der Waals surface area contributed by atoms with Crippen molar-refractivity contribution >= 4 is 24.5 Å². The Balaban J connectivity index is 0.000000238. The Morgan fingerprint density at radius 3 is 2.02 bits per heavy atom. The molecule has 0 saturated carbocycles. The van der Waals surface area contributed by atoms with Crippen LogP contribution in [0.1, 0.15) is 121 Å². The van der Waals surface area contributed by atoms with Gasteiger partial charge >= 0.3 is 13.2 Å². The molecule has 8 heteroatoms. The summed E-state index contributed by atoms with van der Waals surface area (Å²) in [6.07, 6.45) is 12.7. The molecule has 1 amide bonds. The van der Waals surface area contributed by atoms with Gasteiger partial charge in [0, 0.05) is 25.9 Å². The van der Waals surface area contributed by atoms with Crippen LogP contribution in [0, 0.1) is 0 Å². The lowest BCUT2D eigenvalue weighted by Crippen LogP contribution is -2.37. The van der Waals surface area contributed by atoms with Crippen LogP contribution >= 0.6 is 0 Å². The predicted octanol–water partition coefficient (Wildman–Crippen LogP) is 6.57. The molecule has 0 bridgehead atoms. The van der Waals surface area contributed by atoms with Crippen molar-refractivity contribution in [3.05, 3.63) is 65.2 Å². The minimum Gasteiger partial charge on any atom is -0.444 e. The lowest BCUT2D eigenvalue weighted by Gasteiger charge is -2.26. The van der Waals surface area contributed by atoms with Crippen LogP contribution in [0.25, 0.3) is 0 Å². The molecule has 2 aromatic rings. The van der Waals surface area contributed by atoms with E-state index in [4.69, 9.17) is 14.8 Å². The van der Waals surface area contributed by atoms with Crippen LogP contribution in [0.2, 0.25) is 0 Å². The van der Waals surface area contributed by atoms with Crippen LogP contribution < -0.4 is 10.8 Å². The summed E-state index contributed by atoms with van der Waals surface area (Å²) in [4.78, 5) is 24.4. The molecule has 2 aliphatic rings. The Morgan fingerprint density at radius 1 is 0.867 bits per heavy atom. The van der Waals surface area contributed by atoms with E-state index in [0.717, 1.165) is 18.8 Å². The van der Waals surface area contributed by atoms with Gasteiger partial charge in [-0.05, 0) is 113 Å². The van der Waals surface area contributed by atoms with Gasteiger partial charge in [0.15, 0.2) is 0 Å². The van der Waals surface area contributed by atoms with Crippen molar-refractivity contribution in [2.45, 2.75) is 123 Å². The molecule has 2 saturated heterocycles. The second kappa shape index (κ2) is 21.2. The largest absolute Gasteiger partial charge is 0.488 e. The number of nitrogens with zero attached hydrogens (tertiary/aromatic N) is 1. The van der Waals surface area contributed by atoms with Gasteiger partial charge in [-0.25, -0.2) is 4.79 Å². The molecular weight excluding hydrogens is 563 g/mol. The zero-order valence-corrected chi connectivity index (χ0v) is 28.7. The number of unbranched alkanes of at least 4 members (excludes halogenated alkanes) is 2. The molecule has 1 unspecified atom stereocenters. The summed E-state index contributed by atoms with van der Waals surface area (Å²) in [5.74, 6) is 1.02. The monoisotopic (exact) mass is 622 g/mol. The van der Waals surface area contributed by atoms with E-state index in [2.05, 4.69) is 43.4 Å². The van der Waals surface area contributed by atoms with Gasteiger partial charge in [0.05, 0.1) is 0 Å². The van der Waals surface area contributed by atoms with E-state index < -0.39 is 12.7 Å². The molecule has 0 aromatic heterocycles. The minimum atomic E-state index is -1.35. The Kier molecular flexibility index (Phi) is 18.1. The zero-order valence-electron chi connectivity index (χ0n) is 28.7. The molecule has 1 atom stereocenters. The van der Waals surface area contributed by atoms with Crippen molar-refractivity contribution in [2.75, 3.05) is 26.2 Å². The number of benzene rings is 2. The van der Waals surface area contributed by atoms with Crippen LogP contribution in [0.4, 0.5) is 4.79 Å². The van der Waals surface area contributed by atoms with Crippen LogP contribution in [0.3, 0.4) is 0 Å². The van der Waals surface area contributed by atoms with Crippen molar-refractivity contribution in [1.82, 2.24) is 10.2 Å². The highest BCUT2D eigenvalue weighted by Crippen LogP contribution is 2.26. The Morgan fingerprint density at radius 2 is 1.47 bits per heavy atom. The molecule has 2 heterocycles. The van der Waals surface area contributed by atoms with Gasteiger partial charge in [0.25, 0.3) is 0 Å². The Hall–Kier alpha value is -2.68. The average molecular weight is 623 g/mol. The smallest absolute Gasteiger partial charge is 0.444 e. The van der Waals surface area contributed by atoms with E-state index in [0.29, 0.717) is 31.4 Å². The molecule has 3 N–H and O–H groups in total. The highest BCUT2D eigenvalue weighted by molar-refractivity contribution is 6.58. The fraction of sp³-hybridized carbons (Fsp3) is 0.622. The van der Waals surface area contributed by atoms with Crippen LogP contribution in [0.5, 0.6) is 0 Å². The molecule has 250 valence electrons. The lowest BCUT2D eigenvalue weighted by molar-refractivity contribution is -0.118. The number of Topliss-reactive ketones (excluding diaryl/α,β-unsaturated/α-hetero) is 1. The fourth-order valence-electron chi connectivity index (χ4n) is 5.40. The van der Waals surface area contributed by atoms with Gasteiger partial charge in [-0.15, -0.1) is 0 Å². The number of likely N-dealkylation sites (tertiary alicyclic amines) is 1. The number of carbonyl (C=O) groups excluding carboxylic acids is 2. The second-order valence-electron chi connectivity index (χ2n) is 13.3. The van der Waals surface area contributed by atoms with E-state index in [1.165, 1.54) is 75.6 Å². The van der Waals surface area contributed by atoms with Crippen LogP contribution in [-0.4, -0.2) is 65.7 Å². The normalized spacial score (nSPS) is 17.1. The number of nitrogens with one attached hydrogen (secondary N) is 1. The van der Waals surface area contributed by atoms with E-state index in [1.54, 1.807) is 22.6 Å². The van der Waals surface area contributed by atoms with E-state index >= 15 is 0 Å². The number of carbonyl (C=O) groups is 2. The molecule has 2 aliphatic heterocycles. The molecule has 4 rings (SSSR count). The molecule has 45 heavy (non-hydrogen) atoms. The van der Waals surface area contributed by atoms with E-state index in [-0.39, 0.29) is 11.9 Å². The summed E-state index contributed by atoms with van der Waals surface area (Å²) in [6.45, 7) is 13.4. The van der Waals surface area contributed by atoms with Gasteiger partial charge < -0.3 is 25.0 Å². The summed E-state index contributed by atoms with van der Waals surface area (Å²) in [7, 11) is -1.35. The molecule has 7 nitrogen and oxygen atoms in total. The lowest BCUT2D eigenvalue weighted by atomic mass is 9.80. The van der Waals surface area contributed by atoms with Gasteiger partial charge in [-0.2, -0.15) is 0 Å². The van der Waals surface area contributed by atoms with Crippen LogP contribution in [-0.2, 0) is 22.4 Å². The first-order valence-corrected chi connectivity index (χ1v) is 17.3. The maximum absolute atomic E-state index is 11.7. The van der Waals surface area contributed by atoms with Crippen molar-refractivity contribution < 1.29 is 24.4 Å². The minimum absolute atomic E-state index is 0.237. The molecule has 0 aliphatic carbocycles. The summed E-state index contributed by atoms with van der Waals surface area (Å²) >= 11 is 0. The molecule has 2 aromatic carbocycles. The first kappa shape index (κ1) is 38.5. The molecule has 2 fully saturated rings. The quantitative estimate of drug-likeness (QED) is 0.288. The first-order valence-electron chi connectivity index (χ1n) is 17.3. The van der Waals surface area contributed by atoms with Gasteiger partial charge in [-0.1, -0.05) is 75.2 Å². The molecule has 0 radical (unpaired) electrons. The predicted molar refractivity (Wildman–Crippen MR) is 186 cm³/mol. The summed E-state index contributed by atoms with van der Waals surface area (Å²) < 4.78 is 5.24. The number of rotatable bonds is 8. The van der Waals surface area contributed by atoms with Gasteiger partial charge in [0.1, 0.15) is 11.4 Å². The third-order valence-corrected chi connectivity index (χ3v) is 8.14. The van der Waals surface area contributed by atoms with Crippen molar-refractivity contribution in [3.8, 4) is 0 Å². The van der Waals surface area contributed by atoms with E-state index in [9.17, 15) is 9.59 Å². The van der Waals surface area contributed by atoms with Crippen molar-refractivity contribution in [3.63, 3.8) is 0 Å². The molecular formula is C37H59BN2O5. The number of hydrogen-bond donors (Lipinski definition) is 3. The Bertz CT molecular complexity index is 1090. The standard InChI is InChI=1S/C16H25N.C11H19NO3.C10H15BO2/c1-2-3-5-14-7-9-16(10-8-14)15-6-4-12-17-13-11-15;1-11(2,3)15-10(14)12-7-4-5-9(13)6-8-12;1-2-3-4-9-5-7-10(8-6-9)11(12)13/h7-10,15,17H,2-6,11-13H2,1H3;4-8H2,1-3H3;5-8,12-13H,2-4H2,1H3. The average Bonchev–Trinajstić information content (AvgIpc) is 3.42. The summed E-state index contributed by atoms with van der Waals surface area (Å²) in [6, 6.07) is 16.8. The SMILES string of the molecule is CC(C)(C)OC(=O)N1CCCC(=O)CC1.CCCCc1ccc(B(O)O)cc1.CCCCc1ccc(C2CCCNCC2)cc1. The third kappa shape index (κ3) is 16.5. The molecule has 0 spiro atoms. The van der Waals surface area contributed by atoms with Gasteiger partial charge in [0.2, 0.25) is 0 Å². The number of ether oxygens (including phenoxy) is 1. The number of amides is 1. The number of aryl methyl sites for hydroxylation is 2.